The Labute approximate surface area is 118 Å². The molecule has 2 rings (SSSR count). The molecule has 0 aromatic rings. The van der Waals surface area contributed by atoms with Gasteiger partial charge in [-0.2, -0.15) is 0 Å². The fourth-order valence-electron chi connectivity index (χ4n) is 3.07. The lowest BCUT2D eigenvalue weighted by atomic mass is 9.92. The van der Waals surface area contributed by atoms with Gasteiger partial charge in [0.15, 0.2) is 0 Å². The van der Waals surface area contributed by atoms with Crippen LogP contribution in [0.2, 0.25) is 0 Å². The first kappa shape index (κ1) is 14.7. The number of thioether (sulfide) groups is 1. The van der Waals surface area contributed by atoms with Crippen LogP contribution in [0.1, 0.15) is 40.5 Å². The van der Waals surface area contributed by atoms with E-state index < -0.39 is 0 Å². The van der Waals surface area contributed by atoms with E-state index in [2.05, 4.69) is 27.7 Å². The molecule has 2 aliphatic heterocycles. The Morgan fingerprint density at radius 2 is 1.26 bits per heavy atom. The lowest BCUT2D eigenvalue weighted by Crippen LogP contribution is -2.40. The van der Waals surface area contributed by atoms with E-state index in [0.717, 1.165) is 12.8 Å². The van der Waals surface area contributed by atoms with Gasteiger partial charge in [0.1, 0.15) is 0 Å². The van der Waals surface area contributed by atoms with Gasteiger partial charge in [0.2, 0.25) is 0 Å². The second-order valence-corrected chi connectivity index (χ2v) is 8.63. The van der Waals surface area contributed by atoms with Crippen LogP contribution in [0.15, 0.2) is 0 Å². The zero-order valence-corrected chi connectivity index (χ0v) is 12.8. The summed E-state index contributed by atoms with van der Waals surface area (Å²) in [7, 11) is 0. The Hall–Kier alpha value is -0.710. The van der Waals surface area contributed by atoms with Crippen molar-refractivity contribution >= 4 is 23.7 Å². The summed E-state index contributed by atoms with van der Waals surface area (Å²) in [6.45, 7) is 9.29. The topological polar surface area (TPSA) is 52.6 Å². The highest BCUT2D eigenvalue weighted by molar-refractivity contribution is 8.02. The Bertz CT molecular complexity index is 353. The molecule has 0 saturated carbocycles. The van der Waals surface area contributed by atoms with Crippen LogP contribution in [0.5, 0.6) is 0 Å². The van der Waals surface area contributed by atoms with Crippen molar-refractivity contribution in [3.63, 3.8) is 0 Å². The van der Waals surface area contributed by atoms with Crippen molar-refractivity contribution in [2.75, 3.05) is 13.2 Å². The maximum absolute atomic E-state index is 11.8. The maximum atomic E-state index is 11.8. The van der Waals surface area contributed by atoms with Crippen LogP contribution in [0.25, 0.3) is 0 Å². The van der Waals surface area contributed by atoms with Crippen molar-refractivity contribution in [2.45, 2.75) is 50.0 Å². The van der Waals surface area contributed by atoms with E-state index in [1.165, 1.54) is 0 Å². The number of ether oxygens (including phenoxy) is 2. The van der Waals surface area contributed by atoms with Crippen molar-refractivity contribution in [1.82, 2.24) is 0 Å². The minimum Gasteiger partial charge on any atom is -0.465 e. The smallest absolute Gasteiger partial charge is 0.310 e. The number of hydrogen-bond acceptors (Lipinski definition) is 5. The second-order valence-electron chi connectivity index (χ2n) is 6.33. The molecule has 0 N–H and O–H groups in total. The third-order valence-corrected chi connectivity index (χ3v) is 5.70. The van der Waals surface area contributed by atoms with E-state index in [9.17, 15) is 9.59 Å². The fraction of sp³-hybridized carbons (Fsp3) is 0.857. The summed E-state index contributed by atoms with van der Waals surface area (Å²) in [5, 5.41) is 0. The molecule has 0 bridgehead atoms. The summed E-state index contributed by atoms with van der Waals surface area (Å²) in [5.74, 6) is -0.395. The summed E-state index contributed by atoms with van der Waals surface area (Å²) < 4.78 is 9.67. The number of rotatable bonds is 4. The van der Waals surface area contributed by atoms with E-state index in [4.69, 9.17) is 9.47 Å². The van der Waals surface area contributed by atoms with Crippen LogP contribution >= 0.6 is 11.8 Å². The Morgan fingerprint density at radius 3 is 1.53 bits per heavy atom. The predicted octanol–water partition coefficient (Wildman–Crippen LogP) is 2.40. The molecule has 4 nitrogen and oxygen atoms in total. The molecular weight excluding hydrogens is 264 g/mol. The van der Waals surface area contributed by atoms with Crippen LogP contribution in [0.4, 0.5) is 0 Å². The standard InChI is InChI=1S/C14H22O4S/c1-13(2,9-5-7-17-11(9)15)19-14(3,4)10-6-8-18-12(10)16/h9-10H,5-8H2,1-4H3. The number of hydrogen-bond donors (Lipinski definition) is 0. The monoisotopic (exact) mass is 286 g/mol. The van der Waals surface area contributed by atoms with Crippen LogP contribution in [-0.2, 0) is 19.1 Å². The normalized spacial score (nSPS) is 28.4. The molecule has 2 unspecified atom stereocenters. The molecule has 2 saturated heterocycles. The summed E-state index contributed by atoms with van der Waals surface area (Å²) >= 11 is 1.70. The summed E-state index contributed by atoms with van der Waals surface area (Å²) in [5.41, 5.74) is 0. The SMILES string of the molecule is CC(C)(SC(C)(C)C1CCOC1=O)C1CCOC1=O. The molecule has 0 radical (unpaired) electrons. The third-order valence-electron chi connectivity index (χ3n) is 4.08. The molecule has 2 fully saturated rings. The zero-order valence-electron chi connectivity index (χ0n) is 12.0. The largest absolute Gasteiger partial charge is 0.465 e. The molecule has 0 aromatic carbocycles. The average Bonchev–Trinajstić information content (AvgIpc) is 2.85. The van der Waals surface area contributed by atoms with Gasteiger partial charge in [-0.05, 0) is 40.5 Å². The van der Waals surface area contributed by atoms with Crippen molar-refractivity contribution in [3.8, 4) is 0 Å². The Morgan fingerprint density at radius 1 is 0.895 bits per heavy atom. The minimum absolute atomic E-state index is 0.0887. The van der Waals surface area contributed by atoms with Crippen molar-refractivity contribution in [2.24, 2.45) is 11.8 Å². The lowest BCUT2D eigenvalue weighted by molar-refractivity contribution is -0.142. The molecular formula is C14H22O4S. The van der Waals surface area contributed by atoms with E-state index in [1.807, 2.05) is 0 Å². The Balaban J connectivity index is 2.09. The first-order chi connectivity index (χ1) is 8.74. The van der Waals surface area contributed by atoms with Gasteiger partial charge in [-0.3, -0.25) is 9.59 Å². The van der Waals surface area contributed by atoms with E-state index >= 15 is 0 Å². The van der Waals surface area contributed by atoms with Gasteiger partial charge in [-0.15, -0.1) is 11.8 Å². The second kappa shape index (κ2) is 5.00. The lowest BCUT2D eigenvalue weighted by Gasteiger charge is -2.39. The van der Waals surface area contributed by atoms with Crippen LogP contribution in [-0.4, -0.2) is 34.6 Å². The fourth-order valence-corrected chi connectivity index (χ4v) is 5.14. The molecule has 0 spiro atoms. The quantitative estimate of drug-likeness (QED) is 0.743. The average molecular weight is 286 g/mol. The third kappa shape index (κ3) is 2.91. The van der Waals surface area contributed by atoms with Crippen LogP contribution in [0, 0.1) is 11.8 Å². The predicted molar refractivity (Wildman–Crippen MR) is 73.9 cm³/mol. The molecule has 2 heterocycles. The highest BCUT2D eigenvalue weighted by atomic mass is 32.2. The number of cyclic esters (lactones) is 2. The number of esters is 2. The van der Waals surface area contributed by atoms with Gasteiger partial charge in [-0.1, -0.05) is 0 Å². The van der Waals surface area contributed by atoms with Crippen LogP contribution < -0.4 is 0 Å². The van der Waals surface area contributed by atoms with Crippen molar-refractivity contribution in [3.05, 3.63) is 0 Å². The van der Waals surface area contributed by atoms with Gasteiger partial charge < -0.3 is 9.47 Å². The molecule has 0 aliphatic carbocycles. The summed E-state index contributed by atoms with van der Waals surface area (Å²) in [4.78, 5) is 23.5. The molecule has 0 amide bonds. The first-order valence-corrected chi connectivity index (χ1v) is 7.59. The highest BCUT2D eigenvalue weighted by Gasteiger charge is 2.48. The van der Waals surface area contributed by atoms with E-state index in [-0.39, 0.29) is 33.3 Å². The first-order valence-electron chi connectivity index (χ1n) is 6.77. The molecule has 0 aromatic heterocycles. The maximum Gasteiger partial charge on any atom is 0.310 e. The van der Waals surface area contributed by atoms with Crippen LogP contribution in [0.3, 0.4) is 0 Å². The summed E-state index contributed by atoms with van der Waals surface area (Å²) in [6.07, 6.45) is 1.54. The molecule has 108 valence electrons. The minimum atomic E-state index is -0.236. The van der Waals surface area contributed by atoms with Gasteiger partial charge in [0.25, 0.3) is 0 Å². The molecule has 2 aliphatic rings. The van der Waals surface area contributed by atoms with E-state index in [1.54, 1.807) is 11.8 Å². The van der Waals surface area contributed by atoms with Crippen molar-refractivity contribution < 1.29 is 19.1 Å². The Kier molecular flexibility index (Phi) is 3.87. The van der Waals surface area contributed by atoms with E-state index in [0.29, 0.717) is 13.2 Å². The number of carbonyl (C=O) groups excluding carboxylic acids is 2. The molecule has 19 heavy (non-hydrogen) atoms. The van der Waals surface area contributed by atoms with Gasteiger partial charge >= 0.3 is 11.9 Å². The van der Waals surface area contributed by atoms with Gasteiger partial charge in [0.05, 0.1) is 25.0 Å². The molecule has 2 atom stereocenters. The highest BCUT2D eigenvalue weighted by Crippen LogP contribution is 2.49. The zero-order chi connectivity index (χ0) is 14.3. The summed E-state index contributed by atoms with van der Waals surface area (Å²) in [6, 6.07) is 0. The van der Waals surface area contributed by atoms with Crippen molar-refractivity contribution in [1.29, 1.82) is 0 Å². The molecule has 5 heteroatoms. The van der Waals surface area contributed by atoms with Gasteiger partial charge in [-0.25, -0.2) is 0 Å². The number of carbonyl (C=O) groups is 2. The van der Waals surface area contributed by atoms with Gasteiger partial charge in [0, 0.05) is 9.49 Å².